The van der Waals surface area contributed by atoms with E-state index in [1.807, 2.05) is 19.1 Å². The van der Waals surface area contributed by atoms with Gasteiger partial charge in [-0.3, -0.25) is 0 Å². The molecule has 0 atom stereocenters. The van der Waals surface area contributed by atoms with Crippen molar-refractivity contribution in [1.29, 1.82) is 0 Å². The molecule has 0 heterocycles. The summed E-state index contributed by atoms with van der Waals surface area (Å²) in [5, 5.41) is 0.766. The van der Waals surface area contributed by atoms with Gasteiger partial charge in [0.25, 0.3) is 0 Å². The zero-order valence-electron chi connectivity index (χ0n) is 9.93. The molecule has 0 aliphatic rings. The first-order valence-corrected chi connectivity index (χ1v) is 6.08. The lowest BCUT2D eigenvalue weighted by Gasteiger charge is -2.14. The fourth-order valence-electron chi connectivity index (χ4n) is 1.93. The van der Waals surface area contributed by atoms with Crippen LogP contribution in [0, 0.1) is 12.7 Å². The van der Waals surface area contributed by atoms with Crippen LogP contribution in [0.15, 0.2) is 30.3 Å². The molecule has 0 bridgehead atoms. The Labute approximate surface area is 115 Å². The normalized spacial score (nSPS) is 10.5. The third-order valence-electron chi connectivity index (χ3n) is 2.70. The van der Waals surface area contributed by atoms with Crippen LogP contribution in [0.25, 0.3) is 11.1 Å². The maximum absolute atomic E-state index is 13.5. The topological polar surface area (TPSA) is 9.23 Å². The zero-order valence-corrected chi connectivity index (χ0v) is 11.4. The molecule has 0 aromatic heterocycles. The fourth-order valence-corrected chi connectivity index (χ4v) is 2.53. The van der Waals surface area contributed by atoms with Gasteiger partial charge in [0.2, 0.25) is 0 Å². The monoisotopic (exact) mass is 284 g/mol. The summed E-state index contributed by atoms with van der Waals surface area (Å²) < 4.78 is 18.7. The van der Waals surface area contributed by atoms with Crippen molar-refractivity contribution in [3.8, 4) is 16.9 Å². The average Bonchev–Trinajstić information content (AvgIpc) is 2.28. The summed E-state index contributed by atoms with van der Waals surface area (Å²) >= 11 is 12.2. The highest BCUT2D eigenvalue weighted by Gasteiger charge is 2.16. The molecule has 94 valence electrons. The highest BCUT2D eigenvalue weighted by Crippen LogP contribution is 2.41. The van der Waals surface area contributed by atoms with Crippen LogP contribution in [-0.4, -0.2) is 7.11 Å². The molecule has 0 aliphatic heterocycles. The van der Waals surface area contributed by atoms with E-state index in [1.54, 1.807) is 6.07 Å². The molecule has 0 fully saturated rings. The number of halogens is 3. The molecule has 18 heavy (non-hydrogen) atoms. The van der Waals surface area contributed by atoms with Crippen molar-refractivity contribution in [2.45, 2.75) is 6.92 Å². The van der Waals surface area contributed by atoms with Crippen molar-refractivity contribution in [2.75, 3.05) is 7.11 Å². The number of hydrogen-bond donors (Lipinski definition) is 0. The minimum atomic E-state index is -0.421. The molecule has 0 saturated carbocycles. The third kappa shape index (κ3) is 2.31. The van der Waals surface area contributed by atoms with Gasteiger partial charge in [0.15, 0.2) is 0 Å². The van der Waals surface area contributed by atoms with E-state index in [0.717, 1.165) is 11.1 Å². The number of benzene rings is 2. The van der Waals surface area contributed by atoms with E-state index in [1.165, 1.54) is 19.2 Å². The Morgan fingerprint density at radius 3 is 2.44 bits per heavy atom. The molecular weight excluding hydrogens is 274 g/mol. The first kappa shape index (κ1) is 13.2. The predicted molar refractivity (Wildman–Crippen MR) is 73.1 cm³/mol. The second-order valence-electron chi connectivity index (χ2n) is 3.90. The lowest BCUT2D eigenvalue weighted by Crippen LogP contribution is -1.93. The van der Waals surface area contributed by atoms with Crippen LogP contribution >= 0.6 is 23.2 Å². The van der Waals surface area contributed by atoms with E-state index in [2.05, 4.69) is 0 Å². The quantitative estimate of drug-likeness (QED) is 0.744. The Bertz CT molecular complexity index is 576. The molecule has 2 aromatic rings. The number of ether oxygens (including phenoxy) is 1. The van der Waals surface area contributed by atoms with E-state index in [9.17, 15) is 4.39 Å². The predicted octanol–water partition coefficient (Wildman–Crippen LogP) is 5.12. The van der Waals surface area contributed by atoms with Crippen LogP contribution in [0.1, 0.15) is 5.56 Å². The van der Waals surface area contributed by atoms with Gasteiger partial charge >= 0.3 is 0 Å². The Morgan fingerprint density at radius 1 is 1.11 bits per heavy atom. The SMILES string of the molecule is COc1c(Cl)cc(F)cc1-c1c(C)cccc1Cl. The third-order valence-corrected chi connectivity index (χ3v) is 3.30. The van der Waals surface area contributed by atoms with Gasteiger partial charge in [0.05, 0.1) is 12.1 Å². The number of methoxy groups -OCH3 is 1. The summed E-state index contributed by atoms with van der Waals surface area (Å²) in [5.41, 5.74) is 2.23. The summed E-state index contributed by atoms with van der Waals surface area (Å²) in [6, 6.07) is 8.09. The number of aryl methyl sites for hydroxylation is 1. The van der Waals surface area contributed by atoms with Crippen molar-refractivity contribution in [3.63, 3.8) is 0 Å². The van der Waals surface area contributed by atoms with Gasteiger partial charge in [-0.25, -0.2) is 4.39 Å². The van der Waals surface area contributed by atoms with Crippen LogP contribution < -0.4 is 4.74 Å². The van der Waals surface area contributed by atoms with Gasteiger partial charge < -0.3 is 4.74 Å². The van der Waals surface area contributed by atoms with Crippen molar-refractivity contribution in [2.24, 2.45) is 0 Å². The number of hydrogen-bond acceptors (Lipinski definition) is 1. The van der Waals surface area contributed by atoms with Crippen LogP contribution in [0.4, 0.5) is 4.39 Å². The maximum atomic E-state index is 13.5. The summed E-state index contributed by atoms with van der Waals surface area (Å²) in [6.07, 6.45) is 0. The van der Waals surface area contributed by atoms with Crippen molar-refractivity contribution in [1.82, 2.24) is 0 Å². The molecule has 0 aliphatic carbocycles. The highest BCUT2D eigenvalue weighted by atomic mass is 35.5. The van der Waals surface area contributed by atoms with E-state index in [4.69, 9.17) is 27.9 Å². The van der Waals surface area contributed by atoms with Crippen LogP contribution in [0.2, 0.25) is 10.0 Å². The lowest BCUT2D eigenvalue weighted by atomic mass is 9.99. The van der Waals surface area contributed by atoms with E-state index < -0.39 is 5.82 Å². The first-order chi connectivity index (χ1) is 8.54. The zero-order chi connectivity index (χ0) is 13.3. The maximum Gasteiger partial charge on any atom is 0.145 e. The minimum Gasteiger partial charge on any atom is -0.495 e. The van der Waals surface area contributed by atoms with E-state index in [0.29, 0.717) is 16.3 Å². The smallest absolute Gasteiger partial charge is 0.145 e. The summed E-state index contributed by atoms with van der Waals surface area (Å²) in [5.74, 6) is 0.00406. The molecule has 0 radical (unpaired) electrons. The van der Waals surface area contributed by atoms with Crippen LogP contribution in [0.5, 0.6) is 5.75 Å². The van der Waals surface area contributed by atoms with Gasteiger partial charge in [-0.05, 0) is 30.7 Å². The lowest BCUT2D eigenvalue weighted by molar-refractivity contribution is 0.415. The highest BCUT2D eigenvalue weighted by molar-refractivity contribution is 6.34. The van der Waals surface area contributed by atoms with Crippen LogP contribution in [-0.2, 0) is 0 Å². The second kappa shape index (κ2) is 5.17. The first-order valence-electron chi connectivity index (χ1n) is 5.33. The molecule has 0 spiro atoms. The standard InChI is InChI=1S/C14H11Cl2FO/c1-8-4-3-5-11(15)13(8)10-6-9(17)7-12(16)14(10)18-2/h3-7H,1-2H3. The van der Waals surface area contributed by atoms with Crippen molar-refractivity contribution in [3.05, 3.63) is 51.8 Å². The van der Waals surface area contributed by atoms with Gasteiger partial charge in [-0.1, -0.05) is 35.3 Å². The van der Waals surface area contributed by atoms with Crippen LogP contribution in [0.3, 0.4) is 0 Å². The Hall–Kier alpha value is -1.25. The summed E-state index contributed by atoms with van der Waals surface area (Å²) in [7, 11) is 1.49. The molecule has 4 heteroatoms. The van der Waals surface area contributed by atoms with Crippen molar-refractivity contribution >= 4 is 23.2 Å². The van der Waals surface area contributed by atoms with E-state index in [-0.39, 0.29) is 5.02 Å². The molecular formula is C14H11Cl2FO. The Kier molecular flexibility index (Phi) is 3.79. The van der Waals surface area contributed by atoms with Gasteiger partial charge in [0.1, 0.15) is 11.6 Å². The number of rotatable bonds is 2. The van der Waals surface area contributed by atoms with Gasteiger partial charge in [-0.15, -0.1) is 0 Å². The average molecular weight is 285 g/mol. The summed E-state index contributed by atoms with van der Waals surface area (Å²) in [6.45, 7) is 1.90. The van der Waals surface area contributed by atoms with Gasteiger partial charge in [0, 0.05) is 16.1 Å². The van der Waals surface area contributed by atoms with Gasteiger partial charge in [-0.2, -0.15) is 0 Å². The second-order valence-corrected chi connectivity index (χ2v) is 4.71. The Balaban J connectivity index is 2.78. The summed E-state index contributed by atoms with van der Waals surface area (Å²) in [4.78, 5) is 0. The fraction of sp³-hybridized carbons (Fsp3) is 0.143. The molecule has 2 rings (SSSR count). The largest absolute Gasteiger partial charge is 0.495 e. The van der Waals surface area contributed by atoms with Crippen molar-refractivity contribution < 1.29 is 9.13 Å². The molecule has 0 unspecified atom stereocenters. The Morgan fingerprint density at radius 2 is 1.83 bits per heavy atom. The minimum absolute atomic E-state index is 0.229. The molecule has 1 nitrogen and oxygen atoms in total. The molecule has 0 amide bonds. The van der Waals surface area contributed by atoms with E-state index >= 15 is 0 Å². The molecule has 2 aromatic carbocycles. The molecule has 0 N–H and O–H groups in total. The molecule has 0 saturated heterocycles.